The summed E-state index contributed by atoms with van der Waals surface area (Å²) in [7, 11) is -0.119. The summed E-state index contributed by atoms with van der Waals surface area (Å²) in [4.78, 5) is 38.0. The van der Waals surface area contributed by atoms with Gasteiger partial charge >= 0.3 is 12.1 Å². The fraction of sp³-hybridized carbons (Fsp3) is 0.375. The number of hydrogen-bond acceptors (Lipinski definition) is 6. The van der Waals surface area contributed by atoms with Gasteiger partial charge in [0, 0.05) is 10.6 Å². The Bertz CT molecular complexity index is 936. The van der Waals surface area contributed by atoms with Crippen molar-refractivity contribution < 1.29 is 28.1 Å². The summed E-state index contributed by atoms with van der Waals surface area (Å²) in [5, 5.41) is 5.17. The number of benzene rings is 2. The smallest absolute Gasteiger partial charge is 0.408 e. The molecule has 2 N–H and O–H groups in total. The van der Waals surface area contributed by atoms with Crippen LogP contribution in [0.5, 0.6) is 0 Å². The first-order valence-electron chi connectivity index (χ1n) is 10.6. The first-order chi connectivity index (χ1) is 15.8. The first kappa shape index (κ1) is 26.1. The van der Waals surface area contributed by atoms with E-state index in [4.69, 9.17) is 9.47 Å². The highest BCUT2D eigenvalue weighted by Crippen LogP contribution is 2.10. The maximum Gasteiger partial charge on any atom is 0.408 e. The van der Waals surface area contributed by atoms with Gasteiger partial charge in [0.1, 0.15) is 18.7 Å². The van der Waals surface area contributed by atoms with Gasteiger partial charge in [-0.3, -0.25) is 9.00 Å². The Balaban J connectivity index is 1.96. The van der Waals surface area contributed by atoms with Crippen molar-refractivity contribution in [3.63, 3.8) is 0 Å². The fourth-order valence-corrected chi connectivity index (χ4v) is 4.14. The molecule has 8 nitrogen and oxygen atoms in total. The van der Waals surface area contributed by atoms with Gasteiger partial charge in [0.2, 0.25) is 5.91 Å². The predicted molar refractivity (Wildman–Crippen MR) is 125 cm³/mol. The van der Waals surface area contributed by atoms with E-state index in [1.165, 1.54) is 7.11 Å². The van der Waals surface area contributed by atoms with E-state index in [1.807, 2.05) is 36.4 Å². The summed E-state index contributed by atoms with van der Waals surface area (Å²) >= 11 is 0. The second-order valence-corrected chi connectivity index (χ2v) is 9.23. The van der Waals surface area contributed by atoms with Gasteiger partial charge in [0.25, 0.3) is 0 Å². The molecule has 0 aromatic heterocycles. The second-order valence-electron chi connectivity index (χ2n) is 7.66. The van der Waals surface area contributed by atoms with Gasteiger partial charge in [0.15, 0.2) is 0 Å². The molecular formula is C24H30N2O6S. The SMILES string of the molecule is COC(=O)[C@H](CC[S@@](=O)c1ccccc1)NC(=O)[C@H](NC(=O)OCc1ccccc1)C(C)C. The van der Waals surface area contributed by atoms with Gasteiger partial charge in [-0.2, -0.15) is 0 Å². The van der Waals surface area contributed by atoms with Crippen molar-refractivity contribution in [2.24, 2.45) is 5.92 Å². The third kappa shape index (κ3) is 8.69. The van der Waals surface area contributed by atoms with Crippen molar-refractivity contribution in [3.8, 4) is 0 Å². The van der Waals surface area contributed by atoms with Crippen LogP contribution >= 0.6 is 0 Å². The minimum atomic E-state index is -1.34. The van der Waals surface area contributed by atoms with Gasteiger partial charge in [-0.1, -0.05) is 62.4 Å². The zero-order chi connectivity index (χ0) is 24.2. The van der Waals surface area contributed by atoms with Crippen molar-refractivity contribution in [1.29, 1.82) is 0 Å². The van der Waals surface area contributed by atoms with E-state index in [0.717, 1.165) is 5.56 Å². The molecule has 178 valence electrons. The average molecular weight is 475 g/mol. The first-order valence-corrected chi connectivity index (χ1v) is 11.9. The molecule has 0 aliphatic rings. The summed E-state index contributed by atoms with van der Waals surface area (Å²) in [6.45, 7) is 3.59. The third-order valence-corrected chi connectivity index (χ3v) is 6.24. The van der Waals surface area contributed by atoms with Crippen molar-refractivity contribution in [3.05, 3.63) is 66.2 Å². The van der Waals surface area contributed by atoms with Crippen LogP contribution in [0.3, 0.4) is 0 Å². The third-order valence-electron chi connectivity index (χ3n) is 4.84. The van der Waals surface area contributed by atoms with Crippen LogP contribution in [0.2, 0.25) is 0 Å². The number of amides is 2. The molecule has 0 aliphatic carbocycles. The minimum absolute atomic E-state index is 0.0647. The van der Waals surface area contributed by atoms with Crippen LogP contribution in [0, 0.1) is 5.92 Å². The highest BCUT2D eigenvalue weighted by Gasteiger charge is 2.30. The summed E-state index contributed by atoms with van der Waals surface area (Å²) in [5.41, 5.74) is 0.815. The van der Waals surface area contributed by atoms with E-state index in [1.54, 1.807) is 38.1 Å². The molecule has 0 bridgehead atoms. The molecule has 2 rings (SSSR count). The van der Waals surface area contributed by atoms with E-state index < -0.39 is 40.9 Å². The van der Waals surface area contributed by atoms with E-state index in [0.29, 0.717) is 4.90 Å². The lowest BCUT2D eigenvalue weighted by atomic mass is 10.0. The van der Waals surface area contributed by atoms with Crippen LogP contribution in [-0.4, -0.2) is 47.1 Å². The Kier molecular flexibility index (Phi) is 10.6. The molecule has 0 saturated heterocycles. The molecule has 3 atom stereocenters. The molecule has 2 amide bonds. The average Bonchev–Trinajstić information content (AvgIpc) is 2.83. The Hall–Kier alpha value is -3.20. The molecule has 0 spiro atoms. The van der Waals surface area contributed by atoms with Crippen LogP contribution in [0.4, 0.5) is 4.79 Å². The van der Waals surface area contributed by atoms with Crippen molar-refractivity contribution >= 4 is 28.8 Å². The molecule has 33 heavy (non-hydrogen) atoms. The van der Waals surface area contributed by atoms with E-state index in [9.17, 15) is 18.6 Å². The van der Waals surface area contributed by atoms with Crippen LogP contribution < -0.4 is 10.6 Å². The number of carbonyl (C=O) groups is 3. The number of rotatable bonds is 11. The molecule has 0 radical (unpaired) electrons. The normalized spacial score (nSPS) is 13.5. The van der Waals surface area contributed by atoms with E-state index in [2.05, 4.69) is 10.6 Å². The summed E-state index contributed by atoms with van der Waals surface area (Å²) in [6.07, 6.45) is -0.629. The lowest BCUT2D eigenvalue weighted by Gasteiger charge is -2.24. The monoisotopic (exact) mass is 474 g/mol. The van der Waals surface area contributed by atoms with Gasteiger partial charge < -0.3 is 20.1 Å². The second kappa shape index (κ2) is 13.4. The minimum Gasteiger partial charge on any atom is -0.467 e. The fourth-order valence-electron chi connectivity index (χ4n) is 2.99. The lowest BCUT2D eigenvalue weighted by Crippen LogP contribution is -2.54. The molecule has 0 heterocycles. The predicted octanol–water partition coefficient (Wildman–Crippen LogP) is 2.79. The number of methoxy groups -OCH3 is 1. The zero-order valence-electron chi connectivity index (χ0n) is 19.0. The van der Waals surface area contributed by atoms with E-state index >= 15 is 0 Å². The molecule has 0 saturated carbocycles. The van der Waals surface area contributed by atoms with Gasteiger partial charge in [0.05, 0.1) is 17.9 Å². The standard InChI is InChI=1S/C24H30N2O6S/c1-17(2)21(26-24(29)32-16-18-10-6-4-7-11-18)22(27)25-20(23(28)31-3)14-15-33(30)19-12-8-5-9-13-19/h4-13,17,20-21H,14-16H2,1-3H3,(H,25,27)(H,26,29)/t20-,21+,33+/m0/s1. The molecule has 0 unspecified atom stereocenters. The Labute approximate surface area is 196 Å². The van der Waals surface area contributed by atoms with Crippen LogP contribution in [0.1, 0.15) is 25.8 Å². The molecule has 0 aliphatic heterocycles. The molecule has 2 aromatic carbocycles. The zero-order valence-corrected chi connectivity index (χ0v) is 19.8. The number of alkyl carbamates (subject to hydrolysis) is 1. The van der Waals surface area contributed by atoms with Gasteiger partial charge in [-0.15, -0.1) is 0 Å². The van der Waals surface area contributed by atoms with Crippen LogP contribution in [0.25, 0.3) is 0 Å². The maximum absolute atomic E-state index is 12.9. The van der Waals surface area contributed by atoms with Crippen molar-refractivity contribution in [1.82, 2.24) is 10.6 Å². The van der Waals surface area contributed by atoms with Crippen LogP contribution in [-0.2, 0) is 36.5 Å². The highest BCUT2D eigenvalue weighted by atomic mass is 32.2. The van der Waals surface area contributed by atoms with Gasteiger partial charge in [-0.05, 0) is 30.0 Å². The largest absolute Gasteiger partial charge is 0.467 e. The Morgan fingerprint density at radius 1 is 0.939 bits per heavy atom. The Morgan fingerprint density at radius 3 is 2.12 bits per heavy atom. The topological polar surface area (TPSA) is 111 Å². The molecular weight excluding hydrogens is 444 g/mol. The molecule has 0 fully saturated rings. The van der Waals surface area contributed by atoms with Crippen LogP contribution in [0.15, 0.2) is 65.6 Å². The number of esters is 1. The summed E-state index contributed by atoms with van der Waals surface area (Å²) in [6, 6.07) is 16.1. The number of carbonyl (C=O) groups excluding carboxylic acids is 3. The number of nitrogens with one attached hydrogen (secondary N) is 2. The van der Waals surface area contributed by atoms with E-state index in [-0.39, 0.29) is 24.7 Å². The van der Waals surface area contributed by atoms with Gasteiger partial charge in [-0.25, -0.2) is 9.59 Å². The molecule has 2 aromatic rings. The quantitative estimate of drug-likeness (QED) is 0.485. The van der Waals surface area contributed by atoms with Crippen molar-refractivity contribution in [2.45, 2.75) is 43.9 Å². The highest BCUT2D eigenvalue weighted by molar-refractivity contribution is 7.85. The Morgan fingerprint density at radius 2 is 1.55 bits per heavy atom. The molecule has 9 heteroatoms. The summed E-state index contributed by atoms with van der Waals surface area (Å²) < 4.78 is 22.5. The van der Waals surface area contributed by atoms with Crippen molar-refractivity contribution in [2.75, 3.05) is 12.9 Å². The number of hydrogen-bond donors (Lipinski definition) is 2. The number of ether oxygens (including phenoxy) is 2. The summed E-state index contributed by atoms with van der Waals surface area (Å²) in [5.74, 6) is -1.32. The maximum atomic E-state index is 12.9. The lowest BCUT2D eigenvalue weighted by molar-refractivity contribution is -0.145.